The third-order valence-electron chi connectivity index (χ3n) is 5.57. The number of aromatic nitrogens is 7. The van der Waals surface area contributed by atoms with Crippen molar-refractivity contribution in [2.75, 3.05) is 24.7 Å². The molecule has 3 aromatic heterocycles. The van der Waals surface area contributed by atoms with Gasteiger partial charge in [0.05, 0.1) is 18.9 Å². The summed E-state index contributed by atoms with van der Waals surface area (Å²) in [4.78, 5) is 18.7. The van der Waals surface area contributed by atoms with Gasteiger partial charge in [-0.1, -0.05) is 0 Å². The number of aryl methyl sites for hydroxylation is 1. The molecule has 3 aromatic rings. The van der Waals surface area contributed by atoms with Gasteiger partial charge in [-0.2, -0.15) is 0 Å². The number of rotatable bonds is 4. The highest BCUT2D eigenvalue weighted by Crippen LogP contribution is 2.33. The van der Waals surface area contributed by atoms with E-state index in [9.17, 15) is 0 Å². The number of H-pyrrole nitrogens is 1. The Bertz CT molecular complexity index is 914. The minimum absolute atomic E-state index is 0.196. The number of hydrogen-bond acceptors (Lipinski definition) is 7. The molecule has 0 saturated carbocycles. The third kappa shape index (κ3) is 3.26. The lowest BCUT2D eigenvalue weighted by Crippen LogP contribution is -2.40. The Balaban J connectivity index is 1.49. The van der Waals surface area contributed by atoms with Crippen molar-refractivity contribution in [1.29, 1.82) is 0 Å². The van der Waals surface area contributed by atoms with Gasteiger partial charge in [-0.15, -0.1) is 10.2 Å². The summed E-state index contributed by atoms with van der Waals surface area (Å²) in [5.41, 5.74) is 2.16. The van der Waals surface area contributed by atoms with Gasteiger partial charge >= 0.3 is 0 Å². The summed E-state index contributed by atoms with van der Waals surface area (Å²) in [6, 6.07) is 0.196. The second-order valence-corrected chi connectivity index (χ2v) is 7.61. The van der Waals surface area contributed by atoms with E-state index in [2.05, 4.69) is 39.6 Å². The first-order valence-corrected chi connectivity index (χ1v) is 9.80. The second kappa shape index (κ2) is 7.31. The molecule has 0 radical (unpaired) electrons. The summed E-state index contributed by atoms with van der Waals surface area (Å²) >= 11 is 0. The maximum absolute atomic E-state index is 5.54. The Morgan fingerprint density at radius 3 is 2.71 bits per heavy atom. The average molecular weight is 380 g/mol. The van der Waals surface area contributed by atoms with Crippen LogP contribution in [-0.4, -0.2) is 54.5 Å². The zero-order valence-electron chi connectivity index (χ0n) is 16.0. The van der Waals surface area contributed by atoms with E-state index in [1.54, 1.807) is 6.33 Å². The molecule has 1 fully saturated rings. The van der Waals surface area contributed by atoms with Gasteiger partial charge in [-0.3, -0.25) is 0 Å². The van der Waals surface area contributed by atoms with Gasteiger partial charge in [0.1, 0.15) is 5.82 Å². The highest BCUT2D eigenvalue weighted by Gasteiger charge is 2.33. The smallest absolute Gasteiger partial charge is 0.225 e. The van der Waals surface area contributed by atoms with E-state index >= 15 is 0 Å². The van der Waals surface area contributed by atoms with Crippen molar-refractivity contribution in [3.63, 3.8) is 0 Å². The van der Waals surface area contributed by atoms with E-state index in [0.717, 1.165) is 67.9 Å². The summed E-state index contributed by atoms with van der Waals surface area (Å²) in [6.45, 7) is 5.06. The van der Waals surface area contributed by atoms with Crippen LogP contribution in [0.15, 0.2) is 24.9 Å². The van der Waals surface area contributed by atoms with E-state index in [-0.39, 0.29) is 6.04 Å². The fraction of sp³-hybridized carbons (Fsp3) is 0.526. The molecule has 2 aliphatic rings. The van der Waals surface area contributed by atoms with Crippen LogP contribution in [0.5, 0.6) is 0 Å². The zero-order chi connectivity index (χ0) is 18.9. The number of ether oxygens (including phenoxy) is 1. The highest BCUT2D eigenvalue weighted by atomic mass is 16.5. The van der Waals surface area contributed by atoms with Gasteiger partial charge < -0.3 is 19.2 Å². The quantitative estimate of drug-likeness (QED) is 0.737. The molecule has 1 N–H and O–H groups in total. The second-order valence-electron chi connectivity index (χ2n) is 7.61. The molecule has 0 aliphatic carbocycles. The van der Waals surface area contributed by atoms with Crippen LogP contribution in [-0.2, 0) is 17.7 Å². The molecule has 0 aromatic carbocycles. The van der Waals surface area contributed by atoms with Crippen molar-refractivity contribution >= 4 is 5.95 Å². The summed E-state index contributed by atoms with van der Waals surface area (Å²) < 4.78 is 7.89. The Hall–Kier alpha value is -2.81. The van der Waals surface area contributed by atoms with Gasteiger partial charge in [-0.25, -0.2) is 15.0 Å². The fourth-order valence-corrected chi connectivity index (χ4v) is 4.16. The van der Waals surface area contributed by atoms with Crippen molar-refractivity contribution in [3.05, 3.63) is 47.8 Å². The molecule has 0 spiro atoms. The predicted molar refractivity (Wildman–Crippen MR) is 102 cm³/mol. The lowest BCUT2D eigenvalue weighted by Gasteiger charge is -2.35. The first-order chi connectivity index (χ1) is 13.8. The SMILES string of the molecule is Cc1cnc(N2Cc3nnc(C4CCOCC4)n3C(Cc3cnc[nH]3)C2)nc1. The summed E-state index contributed by atoms with van der Waals surface area (Å²) in [5, 5.41) is 9.16. The Labute approximate surface area is 163 Å². The minimum atomic E-state index is 0.196. The van der Waals surface area contributed by atoms with Gasteiger partial charge in [0.2, 0.25) is 5.95 Å². The molecular formula is C19H24N8O. The van der Waals surface area contributed by atoms with Crippen LogP contribution in [0.1, 0.15) is 47.7 Å². The highest BCUT2D eigenvalue weighted by molar-refractivity contribution is 5.33. The number of anilines is 1. The van der Waals surface area contributed by atoms with Crippen molar-refractivity contribution in [2.45, 2.75) is 44.7 Å². The van der Waals surface area contributed by atoms with Crippen LogP contribution in [0.3, 0.4) is 0 Å². The Kier molecular flexibility index (Phi) is 4.52. The van der Waals surface area contributed by atoms with Crippen molar-refractivity contribution < 1.29 is 4.74 Å². The molecule has 5 rings (SSSR count). The molecule has 146 valence electrons. The molecule has 9 nitrogen and oxygen atoms in total. The van der Waals surface area contributed by atoms with Crippen LogP contribution in [0.2, 0.25) is 0 Å². The van der Waals surface area contributed by atoms with Gasteiger partial charge in [0.25, 0.3) is 0 Å². The van der Waals surface area contributed by atoms with E-state index in [1.165, 1.54) is 0 Å². The number of hydrogen-bond donors (Lipinski definition) is 1. The molecule has 1 saturated heterocycles. The largest absolute Gasteiger partial charge is 0.381 e. The first-order valence-electron chi connectivity index (χ1n) is 9.80. The summed E-state index contributed by atoms with van der Waals surface area (Å²) in [7, 11) is 0. The normalized spacial score (nSPS) is 20.3. The molecule has 0 bridgehead atoms. The first kappa shape index (κ1) is 17.3. The Morgan fingerprint density at radius 1 is 1.14 bits per heavy atom. The molecular weight excluding hydrogens is 356 g/mol. The minimum Gasteiger partial charge on any atom is -0.381 e. The number of fused-ring (bicyclic) bond motifs is 1. The maximum atomic E-state index is 5.54. The van der Waals surface area contributed by atoms with Crippen LogP contribution < -0.4 is 4.90 Å². The van der Waals surface area contributed by atoms with E-state index in [0.29, 0.717) is 12.5 Å². The molecule has 1 unspecified atom stereocenters. The summed E-state index contributed by atoms with van der Waals surface area (Å²) in [6.07, 6.45) is 10.2. The van der Waals surface area contributed by atoms with Gasteiger partial charge in [0, 0.05) is 56.4 Å². The van der Waals surface area contributed by atoms with Crippen LogP contribution in [0, 0.1) is 6.92 Å². The molecule has 1 atom stereocenters. The fourth-order valence-electron chi connectivity index (χ4n) is 4.16. The van der Waals surface area contributed by atoms with Crippen molar-refractivity contribution in [1.82, 2.24) is 34.7 Å². The lowest BCUT2D eigenvalue weighted by atomic mass is 9.98. The number of aromatic amines is 1. The van der Waals surface area contributed by atoms with E-state index in [1.807, 2.05) is 25.5 Å². The lowest BCUT2D eigenvalue weighted by molar-refractivity contribution is 0.0822. The average Bonchev–Trinajstić information content (AvgIpc) is 3.39. The summed E-state index contributed by atoms with van der Waals surface area (Å²) in [5.74, 6) is 3.21. The molecule has 9 heteroatoms. The van der Waals surface area contributed by atoms with Crippen LogP contribution in [0.25, 0.3) is 0 Å². The van der Waals surface area contributed by atoms with Crippen molar-refractivity contribution in [3.8, 4) is 0 Å². The number of nitrogens with zero attached hydrogens (tertiary/aromatic N) is 7. The molecule has 0 amide bonds. The monoisotopic (exact) mass is 380 g/mol. The van der Waals surface area contributed by atoms with Crippen LogP contribution >= 0.6 is 0 Å². The maximum Gasteiger partial charge on any atom is 0.225 e. The van der Waals surface area contributed by atoms with Crippen LogP contribution in [0.4, 0.5) is 5.95 Å². The van der Waals surface area contributed by atoms with Gasteiger partial charge in [-0.05, 0) is 25.3 Å². The standard InChI is InChI=1S/C19H24N8O/c1-13-7-21-19(22-8-13)26-10-16(6-15-9-20-12-23-15)27-17(11-26)24-25-18(27)14-2-4-28-5-3-14/h7-9,12,14,16H,2-6,10-11H2,1H3,(H,20,23). The third-order valence-corrected chi connectivity index (χ3v) is 5.57. The molecule has 2 aliphatic heterocycles. The van der Waals surface area contributed by atoms with Crippen molar-refractivity contribution in [2.24, 2.45) is 0 Å². The topological polar surface area (TPSA) is 97.6 Å². The molecule has 28 heavy (non-hydrogen) atoms. The Morgan fingerprint density at radius 2 is 1.96 bits per heavy atom. The van der Waals surface area contributed by atoms with Gasteiger partial charge in [0.15, 0.2) is 5.82 Å². The predicted octanol–water partition coefficient (Wildman–Crippen LogP) is 1.80. The number of imidazole rings is 1. The molecule has 5 heterocycles. The van der Waals surface area contributed by atoms with E-state index < -0.39 is 0 Å². The number of nitrogens with one attached hydrogen (secondary N) is 1. The van der Waals surface area contributed by atoms with E-state index in [4.69, 9.17) is 4.74 Å². The zero-order valence-corrected chi connectivity index (χ0v) is 16.0.